The van der Waals surface area contributed by atoms with E-state index in [-0.39, 0.29) is 6.54 Å². The van der Waals surface area contributed by atoms with Crippen LogP contribution in [0.4, 0.5) is 14.6 Å². The van der Waals surface area contributed by atoms with Crippen LogP contribution in [0.1, 0.15) is 29.7 Å². The summed E-state index contributed by atoms with van der Waals surface area (Å²) in [6.07, 6.45) is 5.67. The Morgan fingerprint density at radius 1 is 1.10 bits per heavy atom. The number of nitrogens with one attached hydrogen (secondary N) is 1. The average Bonchev–Trinajstić information content (AvgIpc) is 2.48. The number of nitrogens with zero attached hydrogens (tertiary/aromatic N) is 2. The van der Waals surface area contributed by atoms with Crippen molar-refractivity contribution >= 4 is 5.82 Å². The molecule has 1 aromatic carbocycles. The monoisotopic (exact) mass is 275 g/mol. The number of aromatic nitrogens is 2. The van der Waals surface area contributed by atoms with Crippen LogP contribution in [0, 0.1) is 11.6 Å². The SMILES string of the molecule is Fc1ccc(F)c(CNc2ncnc3c2CCCC3)c1. The molecule has 0 spiro atoms. The van der Waals surface area contributed by atoms with Gasteiger partial charge in [0.15, 0.2) is 0 Å². The molecule has 0 radical (unpaired) electrons. The molecule has 1 heterocycles. The highest BCUT2D eigenvalue weighted by molar-refractivity contribution is 5.47. The van der Waals surface area contributed by atoms with Crippen molar-refractivity contribution < 1.29 is 8.78 Å². The fourth-order valence-corrected chi connectivity index (χ4v) is 2.53. The number of benzene rings is 1. The van der Waals surface area contributed by atoms with Crippen LogP contribution in [0.5, 0.6) is 0 Å². The number of fused-ring (bicyclic) bond motifs is 1. The summed E-state index contributed by atoms with van der Waals surface area (Å²) >= 11 is 0. The molecule has 0 unspecified atom stereocenters. The van der Waals surface area contributed by atoms with Gasteiger partial charge in [0.2, 0.25) is 0 Å². The van der Waals surface area contributed by atoms with Gasteiger partial charge in [-0.3, -0.25) is 0 Å². The molecular formula is C15H15F2N3. The van der Waals surface area contributed by atoms with Crippen molar-refractivity contribution in [3.05, 3.63) is 53.0 Å². The van der Waals surface area contributed by atoms with Crippen LogP contribution in [0.3, 0.4) is 0 Å². The van der Waals surface area contributed by atoms with Gasteiger partial charge in [0.25, 0.3) is 0 Å². The van der Waals surface area contributed by atoms with E-state index in [1.54, 1.807) is 0 Å². The van der Waals surface area contributed by atoms with E-state index in [1.165, 1.54) is 12.4 Å². The molecule has 20 heavy (non-hydrogen) atoms. The lowest BCUT2D eigenvalue weighted by Gasteiger charge is -2.18. The fraction of sp³-hybridized carbons (Fsp3) is 0.333. The molecule has 5 heteroatoms. The van der Waals surface area contributed by atoms with Crippen molar-refractivity contribution in [3.8, 4) is 0 Å². The third-order valence-corrected chi connectivity index (χ3v) is 3.58. The van der Waals surface area contributed by atoms with Crippen LogP contribution in [0.2, 0.25) is 0 Å². The lowest BCUT2D eigenvalue weighted by atomic mass is 9.96. The summed E-state index contributed by atoms with van der Waals surface area (Å²) in [7, 11) is 0. The maximum Gasteiger partial charge on any atom is 0.133 e. The summed E-state index contributed by atoms with van der Waals surface area (Å²) in [6.45, 7) is 0.215. The highest BCUT2D eigenvalue weighted by atomic mass is 19.1. The Labute approximate surface area is 116 Å². The van der Waals surface area contributed by atoms with Gasteiger partial charge < -0.3 is 5.32 Å². The summed E-state index contributed by atoms with van der Waals surface area (Å²) in [6, 6.07) is 3.46. The molecule has 3 nitrogen and oxygen atoms in total. The first-order valence-corrected chi connectivity index (χ1v) is 6.74. The molecule has 0 saturated heterocycles. The van der Waals surface area contributed by atoms with Crippen LogP contribution in [0.15, 0.2) is 24.5 Å². The molecule has 1 aromatic heterocycles. The standard InChI is InChI=1S/C15H15F2N3/c16-11-5-6-13(17)10(7-11)8-18-15-12-3-1-2-4-14(12)19-9-20-15/h5-7,9H,1-4,8H2,(H,18,19,20). The largest absolute Gasteiger partial charge is 0.366 e. The van der Waals surface area contributed by atoms with E-state index in [1.807, 2.05) is 0 Å². The highest BCUT2D eigenvalue weighted by Gasteiger charge is 2.15. The minimum Gasteiger partial charge on any atom is -0.366 e. The Kier molecular flexibility index (Phi) is 3.58. The van der Waals surface area contributed by atoms with Crippen LogP contribution >= 0.6 is 0 Å². The second kappa shape index (κ2) is 5.53. The first-order valence-electron chi connectivity index (χ1n) is 6.74. The van der Waals surface area contributed by atoms with E-state index in [4.69, 9.17) is 0 Å². The number of aryl methyl sites for hydroxylation is 1. The van der Waals surface area contributed by atoms with Crippen LogP contribution < -0.4 is 5.32 Å². The predicted octanol–water partition coefficient (Wildman–Crippen LogP) is 3.25. The van der Waals surface area contributed by atoms with Gasteiger partial charge in [0, 0.05) is 23.4 Å². The van der Waals surface area contributed by atoms with E-state index in [0.717, 1.165) is 54.9 Å². The van der Waals surface area contributed by atoms with Crippen molar-refractivity contribution in [2.45, 2.75) is 32.2 Å². The molecule has 1 N–H and O–H groups in total. The zero-order chi connectivity index (χ0) is 13.9. The van der Waals surface area contributed by atoms with Gasteiger partial charge in [-0.1, -0.05) is 0 Å². The molecule has 0 atom stereocenters. The van der Waals surface area contributed by atoms with Crippen molar-refractivity contribution in [2.75, 3.05) is 5.32 Å². The van der Waals surface area contributed by atoms with E-state index < -0.39 is 11.6 Å². The first kappa shape index (κ1) is 13.0. The Morgan fingerprint density at radius 2 is 1.95 bits per heavy atom. The zero-order valence-corrected chi connectivity index (χ0v) is 11.0. The quantitative estimate of drug-likeness (QED) is 0.934. The minimum absolute atomic E-state index is 0.215. The number of hydrogen-bond acceptors (Lipinski definition) is 3. The van der Waals surface area contributed by atoms with E-state index >= 15 is 0 Å². The number of anilines is 1. The van der Waals surface area contributed by atoms with Crippen LogP contribution in [0.25, 0.3) is 0 Å². The van der Waals surface area contributed by atoms with Crippen molar-refractivity contribution in [1.82, 2.24) is 9.97 Å². The molecule has 0 bridgehead atoms. The number of hydrogen-bond donors (Lipinski definition) is 1. The second-order valence-corrected chi connectivity index (χ2v) is 4.94. The molecule has 104 valence electrons. The molecule has 2 aromatic rings. The van der Waals surface area contributed by atoms with Gasteiger partial charge in [-0.05, 0) is 43.9 Å². The van der Waals surface area contributed by atoms with Crippen LogP contribution in [-0.2, 0) is 19.4 Å². The highest BCUT2D eigenvalue weighted by Crippen LogP contribution is 2.24. The van der Waals surface area contributed by atoms with E-state index in [2.05, 4.69) is 15.3 Å². The maximum absolute atomic E-state index is 13.6. The zero-order valence-electron chi connectivity index (χ0n) is 11.0. The molecule has 0 fully saturated rings. The molecule has 1 aliphatic rings. The minimum atomic E-state index is -0.437. The summed E-state index contributed by atoms with van der Waals surface area (Å²) in [5.74, 6) is -0.117. The Balaban J connectivity index is 1.80. The Hall–Kier alpha value is -2.04. The fourth-order valence-electron chi connectivity index (χ4n) is 2.53. The summed E-state index contributed by atoms with van der Waals surface area (Å²) in [5, 5.41) is 3.10. The van der Waals surface area contributed by atoms with Gasteiger partial charge >= 0.3 is 0 Å². The van der Waals surface area contributed by atoms with E-state index in [9.17, 15) is 8.78 Å². The smallest absolute Gasteiger partial charge is 0.133 e. The molecule has 1 aliphatic carbocycles. The summed E-state index contributed by atoms with van der Waals surface area (Å²) < 4.78 is 26.7. The summed E-state index contributed by atoms with van der Waals surface area (Å²) in [5.41, 5.74) is 2.47. The lowest BCUT2D eigenvalue weighted by Crippen LogP contribution is -2.12. The number of rotatable bonds is 3. The van der Waals surface area contributed by atoms with Gasteiger partial charge in [-0.15, -0.1) is 0 Å². The normalized spacial score (nSPS) is 13.9. The third-order valence-electron chi connectivity index (χ3n) is 3.58. The van der Waals surface area contributed by atoms with E-state index in [0.29, 0.717) is 5.56 Å². The van der Waals surface area contributed by atoms with Crippen molar-refractivity contribution in [2.24, 2.45) is 0 Å². The molecule has 3 rings (SSSR count). The number of halogens is 2. The van der Waals surface area contributed by atoms with Gasteiger partial charge in [0.1, 0.15) is 23.8 Å². The first-order chi connectivity index (χ1) is 9.74. The average molecular weight is 275 g/mol. The van der Waals surface area contributed by atoms with Crippen molar-refractivity contribution in [3.63, 3.8) is 0 Å². The van der Waals surface area contributed by atoms with Crippen LogP contribution in [-0.4, -0.2) is 9.97 Å². The van der Waals surface area contributed by atoms with Crippen molar-refractivity contribution in [1.29, 1.82) is 0 Å². The lowest BCUT2D eigenvalue weighted by molar-refractivity contribution is 0.587. The Bertz CT molecular complexity index is 629. The molecular weight excluding hydrogens is 260 g/mol. The van der Waals surface area contributed by atoms with Gasteiger partial charge in [-0.25, -0.2) is 18.7 Å². The maximum atomic E-state index is 13.6. The second-order valence-electron chi connectivity index (χ2n) is 4.94. The topological polar surface area (TPSA) is 37.8 Å². The Morgan fingerprint density at radius 3 is 2.85 bits per heavy atom. The molecule has 0 aliphatic heterocycles. The summed E-state index contributed by atoms with van der Waals surface area (Å²) in [4.78, 5) is 8.50. The molecule has 0 saturated carbocycles. The third kappa shape index (κ3) is 2.61. The van der Waals surface area contributed by atoms with Gasteiger partial charge in [0.05, 0.1) is 0 Å². The molecule has 0 amide bonds. The van der Waals surface area contributed by atoms with Gasteiger partial charge in [-0.2, -0.15) is 0 Å². The predicted molar refractivity (Wildman–Crippen MR) is 72.4 cm³/mol.